The largest absolute Gasteiger partial charge is 0.481 e. The van der Waals surface area contributed by atoms with E-state index >= 15 is 0 Å². The third kappa shape index (κ3) is 4.92. The van der Waals surface area contributed by atoms with Gasteiger partial charge < -0.3 is 15.2 Å². The Morgan fingerprint density at radius 2 is 1.96 bits per heavy atom. The number of nitro groups is 1. The molecule has 0 unspecified atom stereocenters. The van der Waals surface area contributed by atoms with Crippen molar-refractivity contribution in [3.8, 4) is 5.75 Å². The van der Waals surface area contributed by atoms with Crippen LogP contribution in [0.25, 0.3) is 0 Å². The van der Waals surface area contributed by atoms with Crippen LogP contribution in [0.15, 0.2) is 42.5 Å². The molecule has 0 radical (unpaired) electrons. The van der Waals surface area contributed by atoms with E-state index in [1.807, 2.05) is 0 Å². The molecule has 0 aliphatic rings. The smallest absolute Gasteiger partial charge is 0.341 e. The quantitative estimate of drug-likeness (QED) is 0.575. The highest BCUT2D eigenvalue weighted by Crippen LogP contribution is 2.26. The molecule has 0 bridgehead atoms. The molecule has 1 amide bonds. The number of ether oxygens (including phenoxy) is 1. The van der Waals surface area contributed by atoms with Gasteiger partial charge in [0.2, 0.25) is 0 Å². The first kappa shape index (κ1) is 18.2. The van der Waals surface area contributed by atoms with Crippen molar-refractivity contribution in [2.24, 2.45) is 0 Å². The maximum Gasteiger partial charge on any atom is 0.341 e. The zero-order valence-corrected chi connectivity index (χ0v) is 13.5. The number of rotatable bonds is 7. The van der Waals surface area contributed by atoms with Gasteiger partial charge in [0.15, 0.2) is 6.61 Å². The normalized spacial score (nSPS) is 10.1. The fraction of sp³-hybridized carbons (Fsp3) is 0.125. The van der Waals surface area contributed by atoms with Gasteiger partial charge in [0.1, 0.15) is 5.75 Å². The fourth-order valence-corrected chi connectivity index (χ4v) is 2.29. The molecule has 25 heavy (non-hydrogen) atoms. The Kier molecular flexibility index (Phi) is 5.91. The van der Waals surface area contributed by atoms with Crippen LogP contribution >= 0.6 is 11.6 Å². The van der Waals surface area contributed by atoms with Gasteiger partial charge in [-0.25, -0.2) is 4.79 Å². The number of carbonyl (C=O) groups is 2. The molecular formula is C16H13ClN2O6. The number of halogens is 1. The number of nitrogens with one attached hydrogen (secondary N) is 1. The highest BCUT2D eigenvalue weighted by molar-refractivity contribution is 6.34. The number of nitrogens with zero attached hydrogens (tertiary/aromatic N) is 1. The van der Waals surface area contributed by atoms with E-state index in [0.717, 1.165) is 0 Å². The summed E-state index contributed by atoms with van der Waals surface area (Å²) in [5.74, 6) is -1.74. The molecule has 0 spiro atoms. The highest BCUT2D eigenvalue weighted by Gasteiger charge is 2.17. The third-order valence-corrected chi connectivity index (χ3v) is 3.44. The maximum absolute atomic E-state index is 12.4. The number of non-ortho nitro benzene ring substituents is 1. The molecule has 2 aromatic rings. The van der Waals surface area contributed by atoms with Crippen LogP contribution in [0.2, 0.25) is 5.02 Å². The van der Waals surface area contributed by atoms with E-state index in [4.69, 9.17) is 21.4 Å². The lowest BCUT2D eigenvalue weighted by atomic mass is 10.1. The van der Waals surface area contributed by atoms with Gasteiger partial charge in [-0.05, 0) is 17.7 Å². The van der Waals surface area contributed by atoms with E-state index in [1.165, 1.54) is 36.4 Å². The summed E-state index contributed by atoms with van der Waals surface area (Å²) in [5.41, 5.74) is 0.438. The Balaban J connectivity index is 2.14. The van der Waals surface area contributed by atoms with Crippen LogP contribution in [-0.2, 0) is 11.3 Å². The lowest BCUT2D eigenvalue weighted by Crippen LogP contribution is -2.24. The Morgan fingerprint density at radius 1 is 1.24 bits per heavy atom. The van der Waals surface area contributed by atoms with Crippen molar-refractivity contribution in [2.75, 3.05) is 6.61 Å². The summed E-state index contributed by atoms with van der Waals surface area (Å²) in [6, 6.07) is 10.2. The fourth-order valence-electron chi connectivity index (χ4n) is 2.04. The van der Waals surface area contributed by atoms with E-state index in [-0.39, 0.29) is 28.6 Å². The SMILES string of the molecule is O=C(O)COc1cccc(Cl)c1C(=O)NCc1cccc([N+](=O)[O-])c1. The maximum atomic E-state index is 12.4. The lowest BCUT2D eigenvalue weighted by molar-refractivity contribution is -0.384. The Bertz CT molecular complexity index is 824. The van der Waals surface area contributed by atoms with Crippen molar-refractivity contribution >= 4 is 29.2 Å². The minimum absolute atomic E-state index is 0.00384. The summed E-state index contributed by atoms with van der Waals surface area (Å²) >= 11 is 6.01. The van der Waals surface area contributed by atoms with Crippen LogP contribution in [0.4, 0.5) is 5.69 Å². The van der Waals surface area contributed by atoms with Crippen LogP contribution in [0.5, 0.6) is 5.75 Å². The summed E-state index contributed by atoms with van der Waals surface area (Å²) < 4.78 is 5.07. The first-order valence-electron chi connectivity index (χ1n) is 7.03. The minimum Gasteiger partial charge on any atom is -0.481 e. The number of nitro benzene ring substituents is 1. The van der Waals surface area contributed by atoms with E-state index in [0.29, 0.717) is 5.56 Å². The molecular weight excluding hydrogens is 352 g/mol. The Morgan fingerprint density at radius 3 is 2.64 bits per heavy atom. The number of aliphatic carboxylic acids is 1. The van der Waals surface area contributed by atoms with Crippen LogP contribution in [0.1, 0.15) is 15.9 Å². The average molecular weight is 365 g/mol. The first-order chi connectivity index (χ1) is 11.9. The molecule has 8 nitrogen and oxygen atoms in total. The van der Waals surface area contributed by atoms with E-state index in [2.05, 4.69) is 5.32 Å². The van der Waals surface area contributed by atoms with Crippen LogP contribution in [0, 0.1) is 10.1 Å². The molecule has 0 atom stereocenters. The molecule has 130 valence electrons. The Labute approximate surface area is 147 Å². The number of amides is 1. The van der Waals surface area contributed by atoms with Crippen molar-refractivity contribution in [2.45, 2.75) is 6.54 Å². The standard InChI is InChI=1S/C16H13ClN2O6/c17-12-5-2-6-13(25-9-14(20)21)15(12)16(22)18-8-10-3-1-4-11(7-10)19(23)24/h1-7H,8-9H2,(H,18,22)(H,20,21). The predicted molar refractivity (Wildman–Crippen MR) is 88.8 cm³/mol. The van der Waals surface area contributed by atoms with Gasteiger partial charge in [-0.2, -0.15) is 0 Å². The second-order valence-electron chi connectivity index (χ2n) is 4.91. The zero-order chi connectivity index (χ0) is 18.4. The van der Waals surface area contributed by atoms with E-state index in [9.17, 15) is 19.7 Å². The minimum atomic E-state index is -1.19. The number of carbonyl (C=O) groups excluding carboxylic acids is 1. The summed E-state index contributed by atoms with van der Waals surface area (Å²) in [5, 5.41) is 22.1. The number of carboxylic acid groups (broad SMARTS) is 1. The monoisotopic (exact) mass is 364 g/mol. The molecule has 0 aromatic heterocycles. The van der Waals surface area contributed by atoms with Crippen molar-refractivity contribution in [3.63, 3.8) is 0 Å². The zero-order valence-electron chi connectivity index (χ0n) is 12.8. The van der Waals surface area contributed by atoms with Gasteiger partial charge in [-0.3, -0.25) is 14.9 Å². The molecule has 9 heteroatoms. The average Bonchev–Trinajstić information content (AvgIpc) is 2.58. The second-order valence-corrected chi connectivity index (χ2v) is 5.31. The van der Waals surface area contributed by atoms with Crippen LogP contribution < -0.4 is 10.1 Å². The van der Waals surface area contributed by atoms with E-state index < -0.39 is 23.4 Å². The summed E-state index contributed by atoms with van der Waals surface area (Å²) in [4.78, 5) is 33.2. The van der Waals surface area contributed by atoms with E-state index in [1.54, 1.807) is 6.07 Å². The molecule has 2 rings (SSSR count). The Hall–Kier alpha value is -3.13. The van der Waals surface area contributed by atoms with Gasteiger partial charge in [0, 0.05) is 18.7 Å². The van der Waals surface area contributed by atoms with Crippen molar-refractivity contribution in [1.29, 1.82) is 0 Å². The number of carboxylic acids is 1. The van der Waals surface area contributed by atoms with Gasteiger partial charge >= 0.3 is 5.97 Å². The summed E-state index contributed by atoms with van der Waals surface area (Å²) in [7, 11) is 0. The molecule has 0 aliphatic heterocycles. The summed E-state index contributed by atoms with van der Waals surface area (Å²) in [6.07, 6.45) is 0. The molecule has 0 saturated heterocycles. The van der Waals surface area contributed by atoms with Crippen molar-refractivity contribution < 1.29 is 24.4 Å². The second kappa shape index (κ2) is 8.11. The van der Waals surface area contributed by atoms with Crippen LogP contribution in [-0.4, -0.2) is 28.5 Å². The lowest BCUT2D eigenvalue weighted by Gasteiger charge is -2.12. The predicted octanol–water partition coefficient (Wildman–Crippen LogP) is 2.64. The summed E-state index contributed by atoms with van der Waals surface area (Å²) in [6.45, 7) is -0.588. The van der Waals surface area contributed by atoms with Crippen LogP contribution in [0.3, 0.4) is 0 Å². The van der Waals surface area contributed by atoms with Gasteiger partial charge in [-0.1, -0.05) is 29.8 Å². The molecule has 0 aliphatic carbocycles. The molecule has 0 heterocycles. The molecule has 0 fully saturated rings. The van der Waals surface area contributed by atoms with Gasteiger partial charge in [-0.15, -0.1) is 0 Å². The number of benzene rings is 2. The van der Waals surface area contributed by atoms with Gasteiger partial charge in [0.05, 0.1) is 15.5 Å². The third-order valence-electron chi connectivity index (χ3n) is 3.13. The molecule has 2 N–H and O–H groups in total. The van der Waals surface area contributed by atoms with Gasteiger partial charge in [0.25, 0.3) is 11.6 Å². The topological polar surface area (TPSA) is 119 Å². The number of hydrogen-bond acceptors (Lipinski definition) is 5. The highest BCUT2D eigenvalue weighted by atomic mass is 35.5. The number of hydrogen-bond donors (Lipinski definition) is 2. The van der Waals surface area contributed by atoms with Crippen molar-refractivity contribution in [1.82, 2.24) is 5.32 Å². The first-order valence-corrected chi connectivity index (χ1v) is 7.41. The molecule has 2 aromatic carbocycles. The molecule has 0 saturated carbocycles. The van der Waals surface area contributed by atoms with Crippen molar-refractivity contribution in [3.05, 3.63) is 68.7 Å².